The minimum absolute atomic E-state index is 0.0881. The molecule has 88 valence electrons. The van der Waals surface area contributed by atoms with Crippen LogP contribution in [0.15, 0.2) is 0 Å². The average Bonchev–Trinajstić information content (AvgIpc) is 2.25. The fourth-order valence-corrected chi connectivity index (χ4v) is 2.25. The van der Waals surface area contributed by atoms with Gasteiger partial charge in [0.2, 0.25) is 5.91 Å². The Labute approximate surface area is 92.8 Å². The minimum atomic E-state index is -0.405. The predicted octanol–water partition coefficient (Wildman–Crippen LogP) is 1.81. The Morgan fingerprint density at radius 1 is 1.53 bits per heavy atom. The Hall–Kier alpha value is -0.570. The molecule has 3 nitrogen and oxygen atoms in total. The Morgan fingerprint density at radius 2 is 2.13 bits per heavy atom. The fourth-order valence-electron chi connectivity index (χ4n) is 2.25. The smallest absolute Gasteiger partial charge is 0.222 e. The molecule has 0 bridgehead atoms. The summed E-state index contributed by atoms with van der Waals surface area (Å²) in [6.07, 6.45) is 3.79. The van der Waals surface area contributed by atoms with Gasteiger partial charge in [-0.25, -0.2) is 0 Å². The Balaban J connectivity index is 2.34. The van der Waals surface area contributed by atoms with Gasteiger partial charge in [0, 0.05) is 18.0 Å². The molecule has 1 atom stereocenters. The maximum atomic E-state index is 11.6. The van der Waals surface area contributed by atoms with Gasteiger partial charge in [-0.3, -0.25) is 4.79 Å². The zero-order valence-electron chi connectivity index (χ0n) is 10.4. The third-order valence-electron chi connectivity index (χ3n) is 2.95. The lowest BCUT2D eigenvalue weighted by molar-refractivity contribution is -0.122. The van der Waals surface area contributed by atoms with E-state index in [0.29, 0.717) is 17.9 Å². The van der Waals surface area contributed by atoms with Crippen LogP contribution in [0.2, 0.25) is 0 Å². The average molecular weight is 212 g/mol. The number of hydrogen-bond donors (Lipinski definition) is 2. The summed E-state index contributed by atoms with van der Waals surface area (Å²) >= 11 is 0. The lowest BCUT2D eigenvalue weighted by Gasteiger charge is -2.21. The topological polar surface area (TPSA) is 55.1 Å². The van der Waals surface area contributed by atoms with E-state index in [1.165, 1.54) is 6.42 Å². The van der Waals surface area contributed by atoms with Gasteiger partial charge in [0.15, 0.2) is 0 Å². The van der Waals surface area contributed by atoms with Crippen molar-refractivity contribution in [2.24, 2.45) is 11.1 Å². The highest BCUT2D eigenvalue weighted by atomic mass is 16.1. The van der Waals surface area contributed by atoms with Crippen molar-refractivity contribution in [2.45, 2.75) is 65.0 Å². The van der Waals surface area contributed by atoms with E-state index in [1.807, 2.05) is 13.8 Å². The minimum Gasteiger partial charge on any atom is -0.353 e. The first-order valence-corrected chi connectivity index (χ1v) is 5.76. The van der Waals surface area contributed by atoms with E-state index in [1.54, 1.807) is 0 Å². The number of hydrogen-bond acceptors (Lipinski definition) is 2. The molecule has 1 rings (SSSR count). The monoisotopic (exact) mass is 212 g/mol. The molecule has 0 aromatic heterocycles. The second kappa shape index (κ2) is 4.12. The largest absolute Gasteiger partial charge is 0.353 e. The van der Waals surface area contributed by atoms with E-state index in [2.05, 4.69) is 19.2 Å². The third-order valence-corrected chi connectivity index (χ3v) is 2.95. The van der Waals surface area contributed by atoms with Crippen molar-refractivity contribution in [1.82, 2.24) is 5.32 Å². The van der Waals surface area contributed by atoms with Crippen LogP contribution >= 0.6 is 0 Å². The highest BCUT2D eigenvalue weighted by molar-refractivity contribution is 5.77. The molecule has 1 unspecified atom stereocenters. The van der Waals surface area contributed by atoms with Crippen LogP contribution in [-0.4, -0.2) is 17.5 Å². The molecule has 1 aliphatic carbocycles. The van der Waals surface area contributed by atoms with Crippen LogP contribution < -0.4 is 11.1 Å². The summed E-state index contributed by atoms with van der Waals surface area (Å²) in [5, 5.41) is 3.07. The van der Waals surface area contributed by atoms with Gasteiger partial charge in [-0.1, -0.05) is 13.8 Å². The molecular weight excluding hydrogens is 188 g/mol. The number of rotatable bonds is 3. The van der Waals surface area contributed by atoms with Crippen molar-refractivity contribution >= 4 is 5.91 Å². The lowest BCUT2D eigenvalue weighted by atomic mass is 9.92. The van der Waals surface area contributed by atoms with Gasteiger partial charge in [0.05, 0.1) is 0 Å². The molecule has 1 amide bonds. The molecular formula is C12H24N2O. The maximum absolute atomic E-state index is 11.6. The van der Waals surface area contributed by atoms with Crippen molar-refractivity contribution in [3.8, 4) is 0 Å². The van der Waals surface area contributed by atoms with Crippen molar-refractivity contribution in [2.75, 3.05) is 0 Å². The van der Waals surface area contributed by atoms with Crippen LogP contribution in [0, 0.1) is 5.41 Å². The van der Waals surface area contributed by atoms with Gasteiger partial charge in [-0.15, -0.1) is 0 Å². The number of nitrogens with two attached hydrogens (primary N) is 1. The lowest BCUT2D eigenvalue weighted by Crippen LogP contribution is -2.42. The van der Waals surface area contributed by atoms with E-state index in [4.69, 9.17) is 5.73 Å². The van der Waals surface area contributed by atoms with Gasteiger partial charge in [0.25, 0.3) is 0 Å². The molecule has 0 saturated heterocycles. The molecule has 0 aromatic carbocycles. The van der Waals surface area contributed by atoms with Gasteiger partial charge < -0.3 is 11.1 Å². The molecule has 3 heteroatoms. The van der Waals surface area contributed by atoms with E-state index in [9.17, 15) is 4.79 Å². The van der Waals surface area contributed by atoms with Crippen molar-refractivity contribution in [3.63, 3.8) is 0 Å². The summed E-state index contributed by atoms with van der Waals surface area (Å²) < 4.78 is 0. The van der Waals surface area contributed by atoms with Crippen molar-refractivity contribution in [3.05, 3.63) is 0 Å². The van der Waals surface area contributed by atoms with Gasteiger partial charge in [-0.05, 0) is 38.5 Å². The number of carbonyl (C=O) groups is 1. The van der Waals surface area contributed by atoms with E-state index < -0.39 is 5.54 Å². The Kier molecular flexibility index (Phi) is 3.44. The van der Waals surface area contributed by atoms with E-state index in [-0.39, 0.29) is 5.91 Å². The van der Waals surface area contributed by atoms with Crippen LogP contribution in [0.1, 0.15) is 53.4 Å². The molecule has 1 fully saturated rings. The first kappa shape index (κ1) is 12.5. The normalized spacial score (nSPS) is 25.3. The summed E-state index contributed by atoms with van der Waals surface area (Å²) in [5.74, 6) is 0.0881. The third kappa shape index (κ3) is 4.65. The van der Waals surface area contributed by atoms with Crippen molar-refractivity contribution in [1.29, 1.82) is 0 Å². The van der Waals surface area contributed by atoms with E-state index in [0.717, 1.165) is 12.8 Å². The summed E-state index contributed by atoms with van der Waals surface area (Å²) in [7, 11) is 0. The molecule has 3 N–H and O–H groups in total. The summed E-state index contributed by atoms with van der Waals surface area (Å²) in [6.45, 7) is 8.27. The van der Waals surface area contributed by atoms with Crippen LogP contribution in [-0.2, 0) is 4.79 Å². The number of carbonyl (C=O) groups excluding carboxylic acids is 1. The first-order chi connectivity index (χ1) is 6.68. The van der Waals surface area contributed by atoms with Crippen LogP contribution in [0.4, 0.5) is 0 Å². The molecule has 0 spiro atoms. The fraction of sp³-hybridized carbons (Fsp3) is 0.917. The quantitative estimate of drug-likeness (QED) is 0.749. The van der Waals surface area contributed by atoms with Crippen molar-refractivity contribution < 1.29 is 4.79 Å². The standard InChI is InChI=1S/C12H24N2O/c1-11(2)6-5-9(7-11)14-10(15)8-12(3,4)13/h9H,5-8,13H2,1-4H3,(H,14,15). The van der Waals surface area contributed by atoms with Gasteiger partial charge >= 0.3 is 0 Å². The van der Waals surface area contributed by atoms with Crippen LogP contribution in [0.25, 0.3) is 0 Å². The molecule has 1 aliphatic rings. The van der Waals surface area contributed by atoms with E-state index >= 15 is 0 Å². The molecule has 0 aromatic rings. The Morgan fingerprint density at radius 3 is 2.53 bits per heavy atom. The number of nitrogens with one attached hydrogen (secondary N) is 1. The second-order valence-corrected chi connectivity index (χ2v) is 6.34. The first-order valence-electron chi connectivity index (χ1n) is 5.76. The van der Waals surface area contributed by atoms with Crippen LogP contribution in [0.3, 0.4) is 0 Å². The number of amides is 1. The summed E-state index contributed by atoms with van der Waals surface area (Å²) in [4.78, 5) is 11.6. The SMILES string of the molecule is CC(C)(N)CC(=O)NC1CCC(C)(C)C1. The Bertz CT molecular complexity index is 240. The molecule has 15 heavy (non-hydrogen) atoms. The zero-order valence-corrected chi connectivity index (χ0v) is 10.4. The summed E-state index contributed by atoms with van der Waals surface area (Å²) in [5.41, 5.74) is 5.78. The molecule has 0 aliphatic heterocycles. The molecule has 0 heterocycles. The van der Waals surface area contributed by atoms with Crippen LogP contribution in [0.5, 0.6) is 0 Å². The maximum Gasteiger partial charge on any atom is 0.222 e. The highest BCUT2D eigenvalue weighted by Gasteiger charge is 2.32. The molecule has 0 radical (unpaired) electrons. The molecule has 1 saturated carbocycles. The second-order valence-electron chi connectivity index (χ2n) is 6.34. The van der Waals surface area contributed by atoms with Gasteiger partial charge in [-0.2, -0.15) is 0 Å². The zero-order chi connectivity index (χ0) is 11.7. The predicted molar refractivity (Wildman–Crippen MR) is 62.4 cm³/mol. The highest BCUT2D eigenvalue weighted by Crippen LogP contribution is 2.36. The summed E-state index contributed by atoms with van der Waals surface area (Å²) in [6, 6.07) is 0.356. The van der Waals surface area contributed by atoms with Gasteiger partial charge in [0.1, 0.15) is 0 Å².